The van der Waals surface area contributed by atoms with Crippen LogP contribution in [-0.4, -0.2) is 47.8 Å². The van der Waals surface area contributed by atoms with E-state index in [4.69, 9.17) is 11.6 Å². The van der Waals surface area contributed by atoms with Crippen molar-refractivity contribution in [2.45, 2.75) is 12.8 Å². The normalized spacial score (nSPS) is 15.2. The first-order valence-corrected chi connectivity index (χ1v) is 9.25. The van der Waals surface area contributed by atoms with E-state index in [-0.39, 0.29) is 11.8 Å². The van der Waals surface area contributed by atoms with Gasteiger partial charge in [-0.2, -0.15) is 0 Å². The van der Waals surface area contributed by atoms with Crippen molar-refractivity contribution < 1.29 is 9.59 Å². The van der Waals surface area contributed by atoms with Gasteiger partial charge in [0, 0.05) is 31.1 Å². The van der Waals surface area contributed by atoms with Crippen molar-refractivity contribution in [3.63, 3.8) is 0 Å². The van der Waals surface area contributed by atoms with E-state index < -0.39 is 0 Å². The van der Waals surface area contributed by atoms with Crippen molar-refractivity contribution in [1.82, 2.24) is 9.80 Å². The van der Waals surface area contributed by atoms with Gasteiger partial charge < -0.3 is 9.80 Å². The molecule has 0 radical (unpaired) electrons. The van der Waals surface area contributed by atoms with Crippen LogP contribution in [0.25, 0.3) is 0 Å². The quantitative estimate of drug-likeness (QED) is 0.840. The molecule has 0 unspecified atom stereocenters. The summed E-state index contributed by atoms with van der Waals surface area (Å²) >= 11 is 7.72. The predicted molar refractivity (Wildman–Crippen MR) is 96.6 cm³/mol. The highest BCUT2D eigenvalue weighted by Gasteiger charge is 2.24. The first kappa shape index (κ1) is 17.0. The second-order valence-corrected chi connectivity index (χ2v) is 7.20. The van der Waals surface area contributed by atoms with Crippen LogP contribution in [0.15, 0.2) is 41.8 Å². The maximum atomic E-state index is 12.6. The summed E-state index contributed by atoms with van der Waals surface area (Å²) in [5.74, 6) is 0.0673. The molecule has 0 atom stereocenters. The predicted octanol–water partition coefficient (Wildman–Crippen LogP) is 3.32. The SMILES string of the molecule is O=C(Cc1cccs1)N1CCCN(C(=O)c2ccccc2Cl)CC1. The molecule has 1 aromatic carbocycles. The van der Waals surface area contributed by atoms with E-state index in [9.17, 15) is 9.59 Å². The van der Waals surface area contributed by atoms with Crippen molar-refractivity contribution in [3.05, 3.63) is 57.2 Å². The highest BCUT2D eigenvalue weighted by Crippen LogP contribution is 2.18. The molecule has 0 N–H and O–H groups in total. The second kappa shape index (κ2) is 7.81. The average molecular weight is 363 g/mol. The summed E-state index contributed by atoms with van der Waals surface area (Å²) in [6.45, 7) is 2.45. The Morgan fingerprint density at radius 3 is 2.50 bits per heavy atom. The van der Waals surface area contributed by atoms with Crippen molar-refractivity contribution in [3.8, 4) is 0 Å². The smallest absolute Gasteiger partial charge is 0.255 e. The number of carbonyl (C=O) groups excluding carboxylic acids is 2. The summed E-state index contributed by atoms with van der Waals surface area (Å²) < 4.78 is 0. The highest BCUT2D eigenvalue weighted by molar-refractivity contribution is 7.10. The number of rotatable bonds is 3. The van der Waals surface area contributed by atoms with Crippen LogP contribution in [0, 0.1) is 0 Å². The molecule has 2 heterocycles. The number of halogens is 1. The lowest BCUT2D eigenvalue weighted by atomic mass is 10.2. The van der Waals surface area contributed by atoms with Crippen LogP contribution < -0.4 is 0 Å². The summed E-state index contributed by atoms with van der Waals surface area (Å²) in [5, 5.41) is 2.45. The van der Waals surface area contributed by atoms with Crippen LogP contribution in [0.2, 0.25) is 5.02 Å². The van der Waals surface area contributed by atoms with Crippen molar-refractivity contribution in [2.24, 2.45) is 0 Å². The lowest BCUT2D eigenvalue weighted by molar-refractivity contribution is -0.130. The van der Waals surface area contributed by atoms with Gasteiger partial charge in [0.25, 0.3) is 5.91 Å². The molecule has 4 nitrogen and oxygen atoms in total. The van der Waals surface area contributed by atoms with Gasteiger partial charge >= 0.3 is 0 Å². The molecule has 24 heavy (non-hydrogen) atoms. The molecule has 2 aromatic rings. The third-order valence-corrected chi connectivity index (χ3v) is 5.35. The summed E-state index contributed by atoms with van der Waals surface area (Å²) in [7, 11) is 0. The molecule has 3 rings (SSSR count). The minimum atomic E-state index is -0.0619. The van der Waals surface area contributed by atoms with Gasteiger partial charge in [-0.15, -0.1) is 11.3 Å². The summed E-state index contributed by atoms with van der Waals surface area (Å²) in [5.41, 5.74) is 0.525. The van der Waals surface area contributed by atoms with Gasteiger partial charge in [-0.1, -0.05) is 29.8 Å². The lowest BCUT2D eigenvalue weighted by Gasteiger charge is -2.22. The topological polar surface area (TPSA) is 40.6 Å². The Balaban J connectivity index is 1.61. The van der Waals surface area contributed by atoms with Crippen molar-refractivity contribution in [1.29, 1.82) is 0 Å². The Hall–Kier alpha value is -1.85. The van der Waals surface area contributed by atoms with Gasteiger partial charge in [0.1, 0.15) is 0 Å². The highest BCUT2D eigenvalue weighted by atomic mass is 35.5. The fourth-order valence-electron chi connectivity index (χ4n) is 2.85. The number of hydrogen-bond acceptors (Lipinski definition) is 3. The number of carbonyl (C=O) groups is 2. The maximum absolute atomic E-state index is 12.6. The van der Waals surface area contributed by atoms with Crippen LogP contribution in [0.1, 0.15) is 21.7 Å². The zero-order valence-electron chi connectivity index (χ0n) is 13.3. The average Bonchev–Trinajstić information content (AvgIpc) is 2.96. The van der Waals surface area contributed by atoms with Gasteiger partial charge in [0.2, 0.25) is 5.91 Å². The summed E-state index contributed by atoms with van der Waals surface area (Å²) in [6, 6.07) is 11.0. The first-order chi connectivity index (χ1) is 11.6. The molecular weight excluding hydrogens is 344 g/mol. The van der Waals surface area contributed by atoms with Crippen molar-refractivity contribution >= 4 is 34.8 Å². The van der Waals surface area contributed by atoms with Crippen molar-refractivity contribution in [2.75, 3.05) is 26.2 Å². The Bertz CT molecular complexity index is 718. The largest absolute Gasteiger partial charge is 0.341 e. The molecule has 0 saturated carbocycles. The number of benzene rings is 1. The molecule has 0 bridgehead atoms. The van der Waals surface area contributed by atoms with E-state index in [0.717, 1.165) is 11.3 Å². The lowest BCUT2D eigenvalue weighted by Crippen LogP contribution is -2.38. The van der Waals surface area contributed by atoms with Gasteiger partial charge in [0.05, 0.1) is 17.0 Å². The minimum Gasteiger partial charge on any atom is -0.341 e. The molecule has 0 spiro atoms. The molecule has 1 aliphatic heterocycles. The Morgan fingerprint density at radius 1 is 1.00 bits per heavy atom. The fourth-order valence-corrected chi connectivity index (χ4v) is 3.76. The molecule has 1 aliphatic rings. The third kappa shape index (κ3) is 3.97. The fraction of sp³-hybridized carbons (Fsp3) is 0.333. The van der Waals surface area contributed by atoms with E-state index >= 15 is 0 Å². The Labute approximate surface area is 150 Å². The minimum absolute atomic E-state index is 0.0619. The molecule has 1 aromatic heterocycles. The summed E-state index contributed by atoms with van der Waals surface area (Å²) in [6.07, 6.45) is 1.22. The van der Waals surface area contributed by atoms with E-state index in [0.29, 0.717) is 43.2 Å². The van der Waals surface area contributed by atoms with E-state index in [2.05, 4.69) is 0 Å². The standard InChI is InChI=1S/C18H19ClN2O2S/c19-16-7-2-1-6-15(16)18(23)21-9-4-8-20(10-11-21)17(22)13-14-5-3-12-24-14/h1-3,5-7,12H,4,8-11,13H2. The van der Waals surface area contributed by atoms with E-state index in [1.807, 2.05) is 34.5 Å². The number of nitrogens with zero attached hydrogens (tertiary/aromatic N) is 2. The molecule has 0 aliphatic carbocycles. The van der Waals surface area contributed by atoms with E-state index in [1.54, 1.807) is 28.4 Å². The van der Waals surface area contributed by atoms with Crippen LogP contribution >= 0.6 is 22.9 Å². The van der Waals surface area contributed by atoms with Gasteiger partial charge in [-0.05, 0) is 30.0 Å². The van der Waals surface area contributed by atoms with Gasteiger partial charge in [-0.25, -0.2) is 0 Å². The number of hydrogen-bond donors (Lipinski definition) is 0. The molecule has 6 heteroatoms. The molecule has 1 fully saturated rings. The van der Waals surface area contributed by atoms with E-state index in [1.165, 1.54) is 0 Å². The molecule has 126 valence electrons. The number of amides is 2. The zero-order chi connectivity index (χ0) is 16.9. The maximum Gasteiger partial charge on any atom is 0.255 e. The monoisotopic (exact) mass is 362 g/mol. The third-order valence-electron chi connectivity index (χ3n) is 4.15. The second-order valence-electron chi connectivity index (χ2n) is 5.76. The zero-order valence-corrected chi connectivity index (χ0v) is 14.9. The molecule has 2 amide bonds. The first-order valence-electron chi connectivity index (χ1n) is 7.99. The molecular formula is C18H19ClN2O2S. The van der Waals surface area contributed by atoms with Crippen LogP contribution in [-0.2, 0) is 11.2 Å². The van der Waals surface area contributed by atoms with Crippen LogP contribution in [0.5, 0.6) is 0 Å². The summed E-state index contributed by atoms with van der Waals surface area (Å²) in [4.78, 5) is 29.8. The number of thiophene rings is 1. The Kier molecular flexibility index (Phi) is 5.53. The van der Waals surface area contributed by atoms with Gasteiger partial charge in [-0.3, -0.25) is 9.59 Å². The van der Waals surface area contributed by atoms with Crippen LogP contribution in [0.3, 0.4) is 0 Å². The molecule has 1 saturated heterocycles. The Morgan fingerprint density at radius 2 is 1.75 bits per heavy atom. The van der Waals surface area contributed by atoms with Crippen LogP contribution in [0.4, 0.5) is 0 Å². The van der Waals surface area contributed by atoms with Gasteiger partial charge in [0.15, 0.2) is 0 Å².